The third-order valence-corrected chi connectivity index (χ3v) is 3.50. The Bertz CT molecular complexity index is 436. The van der Waals surface area contributed by atoms with Gasteiger partial charge in [0.2, 0.25) is 0 Å². The second-order valence-corrected chi connectivity index (χ2v) is 4.89. The van der Waals surface area contributed by atoms with E-state index in [1.54, 1.807) is 23.1 Å². The number of carbonyl (C=O) groups excluding carboxylic acids is 1. The van der Waals surface area contributed by atoms with E-state index in [4.69, 9.17) is 33.7 Å². The molecule has 0 radical (unpaired) electrons. The van der Waals surface area contributed by atoms with Crippen molar-refractivity contribution < 1.29 is 9.53 Å². The van der Waals surface area contributed by atoms with E-state index < -0.39 is 0 Å². The van der Waals surface area contributed by atoms with Gasteiger partial charge in [0, 0.05) is 19.6 Å². The Balaban J connectivity index is 0.00000180. The van der Waals surface area contributed by atoms with Crippen LogP contribution in [0.3, 0.4) is 0 Å². The predicted octanol–water partition coefficient (Wildman–Crippen LogP) is 2.21. The zero-order chi connectivity index (χ0) is 13.1. The summed E-state index contributed by atoms with van der Waals surface area (Å²) in [7, 11) is 0. The fraction of sp³-hybridized carbons (Fsp3) is 0.417. The number of hydrogen-bond acceptors (Lipinski definition) is 3. The number of amides is 1. The second kappa shape index (κ2) is 7.31. The van der Waals surface area contributed by atoms with Crippen LogP contribution >= 0.6 is 35.6 Å². The fourth-order valence-corrected chi connectivity index (χ4v) is 2.47. The van der Waals surface area contributed by atoms with Crippen molar-refractivity contribution in [3.05, 3.63) is 33.8 Å². The summed E-state index contributed by atoms with van der Waals surface area (Å²) in [6.45, 7) is 1.86. The maximum Gasteiger partial charge on any atom is 0.257 e. The highest BCUT2D eigenvalue weighted by molar-refractivity contribution is 6.39. The Labute approximate surface area is 128 Å². The van der Waals surface area contributed by atoms with E-state index in [0.717, 1.165) is 0 Å². The molecule has 0 spiro atoms. The van der Waals surface area contributed by atoms with Gasteiger partial charge in [-0.1, -0.05) is 29.3 Å². The third-order valence-electron chi connectivity index (χ3n) is 2.87. The number of nitrogens with zero attached hydrogens (tertiary/aromatic N) is 1. The van der Waals surface area contributed by atoms with E-state index in [1.165, 1.54) is 0 Å². The first-order chi connectivity index (χ1) is 8.63. The van der Waals surface area contributed by atoms with Gasteiger partial charge in [-0.2, -0.15) is 0 Å². The minimum Gasteiger partial charge on any atom is -0.373 e. The highest BCUT2D eigenvalue weighted by atomic mass is 35.5. The number of benzene rings is 1. The third kappa shape index (κ3) is 3.74. The molecule has 2 N–H and O–H groups in total. The summed E-state index contributed by atoms with van der Waals surface area (Å²) in [6, 6.07) is 5.02. The average molecular weight is 326 g/mol. The van der Waals surface area contributed by atoms with Crippen molar-refractivity contribution in [2.45, 2.75) is 6.10 Å². The summed E-state index contributed by atoms with van der Waals surface area (Å²) in [5, 5.41) is 0.728. The first-order valence-corrected chi connectivity index (χ1v) is 6.44. The van der Waals surface area contributed by atoms with E-state index in [0.29, 0.717) is 41.8 Å². The molecular weight excluding hydrogens is 311 g/mol. The summed E-state index contributed by atoms with van der Waals surface area (Å²) in [6.07, 6.45) is -0.121. The monoisotopic (exact) mass is 324 g/mol. The number of halogens is 3. The molecule has 1 heterocycles. The van der Waals surface area contributed by atoms with Crippen molar-refractivity contribution in [2.75, 3.05) is 26.2 Å². The molecule has 0 aromatic heterocycles. The molecule has 0 saturated carbocycles. The van der Waals surface area contributed by atoms with E-state index >= 15 is 0 Å². The lowest BCUT2D eigenvalue weighted by Crippen LogP contribution is -2.48. The van der Waals surface area contributed by atoms with Gasteiger partial charge in [-0.05, 0) is 12.1 Å². The largest absolute Gasteiger partial charge is 0.373 e. The van der Waals surface area contributed by atoms with Gasteiger partial charge in [0.15, 0.2) is 0 Å². The SMILES string of the molecule is Cl.NCC1CN(C(=O)c2c(Cl)cccc2Cl)CCO1. The molecule has 19 heavy (non-hydrogen) atoms. The molecule has 1 aliphatic heterocycles. The van der Waals surface area contributed by atoms with E-state index in [9.17, 15) is 4.79 Å². The van der Waals surface area contributed by atoms with Gasteiger partial charge < -0.3 is 15.4 Å². The molecule has 1 aromatic rings. The molecule has 1 aliphatic rings. The lowest BCUT2D eigenvalue weighted by atomic mass is 10.1. The number of rotatable bonds is 2. The predicted molar refractivity (Wildman–Crippen MR) is 78.4 cm³/mol. The highest BCUT2D eigenvalue weighted by Gasteiger charge is 2.26. The number of morpholine rings is 1. The van der Waals surface area contributed by atoms with Crippen LogP contribution in [0.4, 0.5) is 0 Å². The molecule has 1 fully saturated rings. The molecular formula is C12H15Cl3N2O2. The minimum atomic E-state index is -0.174. The van der Waals surface area contributed by atoms with E-state index in [1.807, 2.05) is 0 Å². The minimum absolute atomic E-state index is 0. The quantitative estimate of drug-likeness (QED) is 0.907. The van der Waals surface area contributed by atoms with Crippen LogP contribution in [0.2, 0.25) is 10.0 Å². The molecule has 1 atom stereocenters. The molecule has 1 amide bonds. The molecule has 1 aromatic carbocycles. The number of ether oxygens (including phenoxy) is 1. The first-order valence-electron chi connectivity index (χ1n) is 5.68. The van der Waals surface area contributed by atoms with Crippen LogP contribution in [0.25, 0.3) is 0 Å². The average Bonchev–Trinajstić information content (AvgIpc) is 2.38. The van der Waals surface area contributed by atoms with Crippen molar-refractivity contribution in [3.63, 3.8) is 0 Å². The van der Waals surface area contributed by atoms with Crippen LogP contribution in [0.1, 0.15) is 10.4 Å². The van der Waals surface area contributed by atoms with Crippen LogP contribution in [-0.4, -0.2) is 43.2 Å². The van der Waals surface area contributed by atoms with Crippen LogP contribution in [0.5, 0.6) is 0 Å². The van der Waals surface area contributed by atoms with Gasteiger partial charge in [0.1, 0.15) is 0 Å². The van der Waals surface area contributed by atoms with Gasteiger partial charge in [0.05, 0.1) is 28.3 Å². The molecule has 7 heteroatoms. The Morgan fingerprint density at radius 2 is 2.05 bits per heavy atom. The van der Waals surface area contributed by atoms with Gasteiger partial charge in [-0.25, -0.2) is 0 Å². The zero-order valence-corrected chi connectivity index (χ0v) is 12.5. The van der Waals surface area contributed by atoms with Gasteiger partial charge in [-0.3, -0.25) is 4.79 Å². The van der Waals surface area contributed by atoms with Gasteiger partial charge in [-0.15, -0.1) is 12.4 Å². The highest BCUT2D eigenvalue weighted by Crippen LogP contribution is 2.26. The van der Waals surface area contributed by atoms with Crippen LogP contribution < -0.4 is 5.73 Å². The smallest absolute Gasteiger partial charge is 0.257 e. The molecule has 4 nitrogen and oxygen atoms in total. The fourth-order valence-electron chi connectivity index (χ4n) is 1.91. The van der Waals surface area contributed by atoms with Crippen molar-refractivity contribution in [2.24, 2.45) is 5.73 Å². The van der Waals surface area contributed by atoms with Gasteiger partial charge >= 0.3 is 0 Å². The van der Waals surface area contributed by atoms with Crippen LogP contribution in [-0.2, 0) is 4.74 Å². The molecule has 0 aliphatic carbocycles. The van der Waals surface area contributed by atoms with Crippen molar-refractivity contribution >= 4 is 41.5 Å². The Hall–Kier alpha value is -0.520. The van der Waals surface area contributed by atoms with E-state index in [2.05, 4.69) is 0 Å². The summed E-state index contributed by atoms with van der Waals surface area (Å²) >= 11 is 12.1. The molecule has 1 unspecified atom stereocenters. The van der Waals surface area contributed by atoms with Crippen molar-refractivity contribution in [1.82, 2.24) is 4.90 Å². The Morgan fingerprint density at radius 3 is 2.63 bits per heavy atom. The lowest BCUT2D eigenvalue weighted by molar-refractivity contribution is -0.0167. The second-order valence-electron chi connectivity index (χ2n) is 4.08. The van der Waals surface area contributed by atoms with E-state index in [-0.39, 0.29) is 24.4 Å². The number of carbonyl (C=O) groups is 1. The van der Waals surface area contributed by atoms with Crippen molar-refractivity contribution in [3.8, 4) is 0 Å². The van der Waals surface area contributed by atoms with Crippen LogP contribution in [0, 0.1) is 0 Å². The summed E-state index contributed by atoms with van der Waals surface area (Å²) in [4.78, 5) is 14.0. The maximum absolute atomic E-state index is 12.4. The molecule has 2 rings (SSSR count). The number of nitrogens with two attached hydrogens (primary N) is 1. The first kappa shape index (κ1) is 16.5. The van der Waals surface area contributed by atoms with Gasteiger partial charge in [0.25, 0.3) is 5.91 Å². The topological polar surface area (TPSA) is 55.6 Å². The summed E-state index contributed by atoms with van der Waals surface area (Å²) in [5.41, 5.74) is 5.89. The zero-order valence-electron chi connectivity index (χ0n) is 10.1. The Kier molecular flexibility index (Phi) is 6.36. The standard InChI is InChI=1S/C12H14Cl2N2O2.ClH/c13-9-2-1-3-10(14)11(9)12(17)16-4-5-18-8(6-15)7-16;/h1-3,8H,4-7,15H2;1H. The maximum atomic E-state index is 12.4. The van der Waals surface area contributed by atoms with Crippen molar-refractivity contribution in [1.29, 1.82) is 0 Å². The molecule has 0 bridgehead atoms. The lowest BCUT2D eigenvalue weighted by Gasteiger charge is -2.32. The Morgan fingerprint density at radius 1 is 1.42 bits per heavy atom. The molecule has 1 saturated heterocycles. The summed E-state index contributed by atoms with van der Waals surface area (Å²) < 4.78 is 5.42. The summed E-state index contributed by atoms with van der Waals surface area (Å²) in [5.74, 6) is -0.174. The number of hydrogen-bond donors (Lipinski definition) is 1. The normalized spacial score (nSPS) is 18.9. The van der Waals surface area contributed by atoms with Crippen LogP contribution in [0.15, 0.2) is 18.2 Å². The molecule has 106 valence electrons.